The van der Waals surface area contributed by atoms with Crippen molar-refractivity contribution in [2.24, 2.45) is 0 Å². The van der Waals surface area contributed by atoms with Crippen molar-refractivity contribution in [3.8, 4) is 11.1 Å². The van der Waals surface area contributed by atoms with Crippen molar-refractivity contribution >= 4 is 32.7 Å². The van der Waals surface area contributed by atoms with Gasteiger partial charge in [-0.15, -0.1) is 0 Å². The number of aromatic amines is 1. The van der Waals surface area contributed by atoms with Gasteiger partial charge >= 0.3 is 0 Å². The SMILES string of the molecule is CC.CC.CCC.Cc1cc(-c2cc3c(cc2F)c(=O)c2c(=O)[nH]sc2n3C2CC2)cc(C)n1. The molecule has 1 aromatic carbocycles. The van der Waals surface area contributed by atoms with Crippen LogP contribution in [0.15, 0.2) is 33.9 Å². The monoisotopic (exact) mass is 485 g/mol. The highest BCUT2D eigenvalue weighted by molar-refractivity contribution is 7.12. The summed E-state index contributed by atoms with van der Waals surface area (Å²) in [5.41, 5.74) is 2.65. The number of rotatable bonds is 2. The van der Waals surface area contributed by atoms with E-state index in [-0.39, 0.29) is 16.8 Å². The Morgan fingerprint density at radius 2 is 1.59 bits per heavy atom. The molecule has 0 atom stereocenters. The second-order valence-electron chi connectivity index (χ2n) is 7.84. The quantitative estimate of drug-likeness (QED) is 0.319. The number of H-pyrrole nitrogens is 1. The summed E-state index contributed by atoms with van der Waals surface area (Å²) in [5, 5.41) is 0.379. The number of hydrogen-bond acceptors (Lipinski definition) is 4. The molecule has 7 heteroatoms. The first-order valence-corrected chi connectivity index (χ1v) is 13.0. The molecule has 1 fully saturated rings. The number of halogens is 1. The summed E-state index contributed by atoms with van der Waals surface area (Å²) in [4.78, 5) is 30.0. The number of benzene rings is 1. The average molecular weight is 486 g/mol. The number of pyridine rings is 2. The summed E-state index contributed by atoms with van der Waals surface area (Å²) in [5.74, 6) is -0.474. The van der Waals surface area contributed by atoms with Crippen molar-refractivity contribution in [1.29, 1.82) is 0 Å². The molecule has 1 N–H and O–H groups in total. The third-order valence-corrected chi connectivity index (χ3v) is 5.90. The smallest absolute Gasteiger partial charge is 0.271 e. The zero-order chi connectivity index (χ0) is 25.6. The van der Waals surface area contributed by atoms with E-state index in [0.29, 0.717) is 15.9 Å². The molecule has 0 radical (unpaired) electrons. The zero-order valence-corrected chi connectivity index (χ0v) is 22.3. The summed E-state index contributed by atoms with van der Waals surface area (Å²) in [6, 6.07) is 6.92. The fourth-order valence-corrected chi connectivity index (χ4v) is 4.68. The van der Waals surface area contributed by atoms with E-state index in [9.17, 15) is 14.0 Å². The maximum Gasteiger partial charge on any atom is 0.271 e. The van der Waals surface area contributed by atoms with Gasteiger partial charge in [-0.05, 0) is 68.1 Å². The van der Waals surface area contributed by atoms with Crippen LogP contribution in [0.1, 0.15) is 78.2 Å². The molecule has 0 spiro atoms. The van der Waals surface area contributed by atoms with E-state index >= 15 is 0 Å². The van der Waals surface area contributed by atoms with Crippen molar-refractivity contribution in [3.05, 3.63) is 62.0 Å². The summed E-state index contributed by atoms with van der Waals surface area (Å²) >= 11 is 1.17. The highest BCUT2D eigenvalue weighted by Gasteiger charge is 2.29. The van der Waals surface area contributed by atoms with Crippen LogP contribution in [0.2, 0.25) is 0 Å². The molecule has 0 aliphatic heterocycles. The fraction of sp³-hybridized carbons (Fsp3) is 0.444. The first-order valence-electron chi connectivity index (χ1n) is 12.2. The highest BCUT2D eigenvalue weighted by atomic mass is 32.1. The van der Waals surface area contributed by atoms with Crippen LogP contribution in [0, 0.1) is 19.7 Å². The number of fused-ring (bicyclic) bond motifs is 2. The summed E-state index contributed by atoms with van der Waals surface area (Å²) in [6.07, 6.45) is 3.22. The first-order chi connectivity index (χ1) is 16.3. The minimum atomic E-state index is -0.474. The van der Waals surface area contributed by atoms with Crippen molar-refractivity contribution < 1.29 is 4.39 Å². The largest absolute Gasteiger partial charge is 0.328 e. The second-order valence-corrected chi connectivity index (χ2v) is 8.63. The fourth-order valence-electron chi connectivity index (χ4n) is 3.76. The number of nitrogens with one attached hydrogen (secondary N) is 1. The summed E-state index contributed by atoms with van der Waals surface area (Å²) in [6.45, 7) is 16.0. The van der Waals surface area contributed by atoms with Crippen molar-refractivity contribution in [2.75, 3.05) is 0 Å². The normalized spacial score (nSPS) is 12.3. The van der Waals surface area contributed by atoms with Crippen molar-refractivity contribution in [3.63, 3.8) is 0 Å². The second kappa shape index (κ2) is 12.1. The molecule has 0 amide bonds. The Labute approximate surface area is 204 Å². The Kier molecular flexibility index (Phi) is 9.74. The molecule has 34 heavy (non-hydrogen) atoms. The lowest BCUT2D eigenvalue weighted by Crippen LogP contribution is -2.15. The van der Waals surface area contributed by atoms with E-state index < -0.39 is 16.8 Å². The Balaban J connectivity index is 0.000000531. The molecular weight excluding hydrogens is 449 g/mol. The maximum atomic E-state index is 15.0. The van der Waals surface area contributed by atoms with Gasteiger partial charge in [-0.25, -0.2) is 4.39 Å². The first kappa shape index (κ1) is 27.4. The van der Waals surface area contributed by atoms with Gasteiger partial charge in [-0.3, -0.25) is 18.9 Å². The van der Waals surface area contributed by atoms with Crippen LogP contribution in [0.3, 0.4) is 0 Å². The van der Waals surface area contributed by atoms with Crippen LogP contribution in [0.25, 0.3) is 32.2 Å². The van der Waals surface area contributed by atoms with Gasteiger partial charge in [0.2, 0.25) is 5.43 Å². The minimum absolute atomic E-state index is 0.127. The predicted molar refractivity (Wildman–Crippen MR) is 144 cm³/mol. The highest BCUT2D eigenvalue weighted by Crippen LogP contribution is 2.40. The van der Waals surface area contributed by atoms with Crippen LogP contribution in [-0.4, -0.2) is 13.9 Å². The van der Waals surface area contributed by atoms with Gasteiger partial charge in [0.05, 0.1) is 5.52 Å². The molecule has 5 rings (SSSR count). The molecule has 1 aliphatic rings. The van der Waals surface area contributed by atoms with Gasteiger partial charge in [0, 0.05) is 28.4 Å². The van der Waals surface area contributed by atoms with Crippen LogP contribution in [-0.2, 0) is 0 Å². The number of nitrogens with zero attached hydrogens (tertiary/aromatic N) is 2. The third kappa shape index (κ3) is 5.46. The Morgan fingerprint density at radius 3 is 2.12 bits per heavy atom. The minimum Gasteiger partial charge on any atom is -0.328 e. The predicted octanol–water partition coefficient (Wildman–Crippen LogP) is 7.53. The Bertz CT molecular complexity index is 1360. The van der Waals surface area contributed by atoms with Crippen molar-refractivity contribution in [1.82, 2.24) is 13.9 Å². The van der Waals surface area contributed by atoms with Gasteiger partial charge < -0.3 is 4.57 Å². The molecule has 0 bridgehead atoms. The van der Waals surface area contributed by atoms with E-state index in [1.165, 1.54) is 24.0 Å². The number of aryl methyl sites for hydroxylation is 2. The topological polar surface area (TPSA) is 67.8 Å². The van der Waals surface area contributed by atoms with E-state index in [0.717, 1.165) is 29.8 Å². The Hall–Kier alpha value is -2.80. The molecule has 0 unspecified atom stereocenters. The molecule has 3 heterocycles. The summed E-state index contributed by atoms with van der Waals surface area (Å²) < 4.78 is 19.7. The third-order valence-electron chi connectivity index (χ3n) is 5.02. The standard InChI is InChI=1S/C20H16FN3O2S.C3H8.2C2H6/c1-9-5-11(6-10(2)22-9)13-8-16-14(7-15(13)21)18(25)17-19(26)23-27-20(17)24(16)12-3-4-12;1-3-2;2*1-2/h5-8,12H,3-4H2,1-2H3,(H,23,26);3H2,1-2H3;2*1-2H3. The van der Waals surface area contributed by atoms with Gasteiger partial charge in [0.1, 0.15) is 16.0 Å². The molecule has 1 saturated carbocycles. The zero-order valence-electron chi connectivity index (χ0n) is 21.5. The average Bonchev–Trinajstić information content (AvgIpc) is 3.58. The van der Waals surface area contributed by atoms with Crippen LogP contribution in [0.5, 0.6) is 0 Å². The maximum absolute atomic E-state index is 15.0. The Morgan fingerprint density at radius 1 is 1.03 bits per heavy atom. The van der Waals surface area contributed by atoms with E-state index in [1.54, 1.807) is 6.07 Å². The van der Waals surface area contributed by atoms with E-state index in [2.05, 4.69) is 23.2 Å². The van der Waals surface area contributed by atoms with Gasteiger partial charge in [0.25, 0.3) is 5.56 Å². The molecule has 3 aromatic heterocycles. The number of hydrogen-bond donors (Lipinski definition) is 1. The van der Waals surface area contributed by atoms with Gasteiger partial charge in [0.15, 0.2) is 0 Å². The molecule has 5 nitrogen and oxygen atoms in total. The lowest BCUT2D eigenvalue weighted by Gasteiger charge is -2.14. The van der Waals surface area contributed by atoms with E-state index in [4.69, 9.17) is 0 Å². The van der Waals surface area contributed by atoms with Crippen LogP contribution in [0.4, 0.5) is 4.39 Å². The van der Waals surface area contributed by atoms with Gasteiger partial charge in [-0.2, -0.15) is 0 Å². The lowest BCUT2D eigenvalue weighted by atomic mass is 10.0. The molecular formula is C27H36FN3O2S. The van der Waals surface area contributed by atoms with Crippen molar-refractivity contribution in [2.45, 2.75) is 80.7 Å². The van der Waals surface area contributed by atoms with Gasteiger partial charge in [-0.1, -0.05) is 48.0 Å². The molecule has 184 valence electrons. The van der Waals surface area contributed by atoms with Crippen LogP contribution < -0.4 is 11.0 Å². The summed E-state index contributed by atoms with van der Waals surface area (Å²) in [7, 11) is 0. The van der Waals surface area contributed by atoms with E-state index in [1.807, 2.05) is 58.2 Å². The van der Waals surface area contributed by atoms with Crippen LogP contribution >= 0.6 is 11.5 Å². The lowest BCUT2D eigenvalue weighted by molar-refractivity contribution is 0.632. The molecule has 1 aliphatic carbocycles. The molecule has 4 aromatic rings. The molecule has 0 saturated heterocycles. The number of aromatic nitrogens is 3.